The summed E-state index contributed by atoms with van der Waals surface area (Å²) in [6, 6.07) is 4.99. The first-order valence-electron chi connectivity index (χ1n) is 9.72. The van der Waals surface area contributed by atoms with E-state index in [1.165, 1.54) is 0 Å². The van der Waals surface area contributed by atoms with E-state index in [2.05, 4.69) is 20.7 Å². The van der Waals surface area contributed by atoms with Gasteiger partial charge < -0.3 is 9.47 Å². The van der Waals surface area contributed by atoms with Crippen LogP contribution in [0.15, 0.2) is 22.7 Å². The van der Waals surface area contributed by atoms with Gasteiger partial charge in [-0.05, 0) is 54.4 Å². The topological polar surface area (TPSA) is 84.9 Å². The van der Waals surface area contributed by atoms with E-state index >= 15 is 0 Å². The Morgan fingerprint density at radius 1 is 1.41 bits per heavy atom. The second-order valence-electron chi connectivity index (χ2n) is 8.47. The number of hydrogen-bond acceptors (Lipinski definition) is 5. The quantitative estimate of drug-likeness (QED) is 0.680. The fraction of sp³-hybridized carbons (Fsp3) is 0.632. The van der Waals surface area contributed by atoms with Crippen LogP contribution in [0.4, 0.5) is 5.69 Å². The van der Waals surface area contributed by atoms with E-state index in [-0.39, 0.29) is 29.5 Å². The van der Waals surface area contributed by atoms with E-state index in [0.717, 1.165) is 0 Å². The lowest BCUT2D eigenvalue weighted by Crippen LogP contribution is -2.61. The molecule has 5 rings (SSSR count). The average molecular weight is 506 g/mol. The van der Waals surface area contributed by atoms with Gasteiger partial charge in [-0.25, -0.2) is 13.1 Å². The average Bonchev–Trinajstić information content (AvgIpc) is 3.21. The van der Waals surface area contributed by atoms with Gasteiger partial charge in [0.1, 0.15) is 6.23 Å². The Labute approximate surface area is 183 Å². The number of carbonyl (C=O) groups is 1. The number of ether oxygens (including phenoxy) is 2. The van der Waals surface area contributed by atoms with Crippen LogP contribution in [0.5, 0.6) is 0 Å². The fourth-order valence-corrected chi connectivity index (χ4v) is 7.16. The number of nitrogens with zero attached hydrogens (tertiary/aromatic N) is 1. The third-order valence-corrected chi connectivity index (χ3v) is 9.55. The molecule has 2 bridgehead atoms. The normalized spacial score (nSPS) is 40.6. The molecule has 1 aromatic carbocycles. The van der Waals surface area contributed by atoms with E-state index < -0.39 is 27.5 Å². The Kier molecular flexibility index (Phi) is 4.46. The number of anilines is 1. The Morgan fingerprint density at radius 2 is 2.17 bits per heavy atom. The number of carbonyl (C=O) groups excluding carboxylic acids is 1. The summed E-state index contributed by atoms with van der Waals surface area (Å²) in [7, 11) is -3.40. The van der Waals surface area contributed by atoms with Crippen molar-refractivity contribution in [1.29, 1.82) is 0 Å². The minimum atomic E-state index is -3.40. The van der Waals surface area contributed by atoms with Crippen molar-refractivity contribution in [1.82, 2.24) is 4.72 Å². The summed E-state index contributed by atoms with van der Waals surface area (Å²) in [6.45, 7) is 3.94. The highest BCUT2D eigenvalue weighted by Gasteiger charge is 2.78. The van der Waals surface area contributed by atoms with Crippen LogP contribution in [-0.2, 0) is 24.3 Å². The van der Waals surface area contributed by atoms with Crippen LogP contribution in [0.2, 0.25) is 5.02 Å². The van der Waals surface area contributed by atoms with Crippen LogP contribution in [0.25, 0.3) is 0 Å². The monoisotopic (exact) mass is 504 g/mol. The first-order chi connectivity index (χ1) is 13.6. The molecule has 0 radical (unpaired) electrons. The Morgan fingerprint density at radius 3 is 2.86 bits per heavy atom. The van der Waals surface area contributed by atoms with Gasteiger partial charge in [-0.1, -0.05) is 11.6 Å². The van der Waals surface area contributed by atoms with Gasteiger partial charge in [0.25, 0.3) is 0 Å². The second kappa shape index (κ2) is 6.40. The molecule has 4 fully saturated rings. The molecule has 4 heterocycles. The molecule has 4 aliphatic heterocycles. The summed E-state index contributed by atoms with van der Waals surface area (Å²) in [5.74, 6) is -0.641. The summed E-state index contributed by atoms with van der Waals surface area (Å²) >= 11 is 9.55. The fourth-order valence-electron chi connectivity index (χ4n) is 5.79. The first kappa shape index (κ1) is 20.2. The Balaban J connectivity index is 1.57. The molecule has 1 amide bonds. The maximum atomic E-state index is 13.5. The smallest absolute Gasteiger partial charge is 0.235 e. The van der Waals surface area contributed by atoms with Crippen LogP contribution in [0, 0.1) is 11.8 Å². The summed E-state index contributed by atoms with van der Waals surface area (Å²) < 4.78 is 40.8. The van der Waals surface area contributed by atoms with E-state index in [4.69, 9.17) is 21.1 Å². The van der Waals surface area contributed by atoms with Crippen molar-refractivity contribution in [3.05, 3.63) is 27.7 Å². The predicted molar refractivity (Wildman–Crippen MR) is 111 cm³/mol. The molecule has 0 aromatic heterocycles. The van der Waals surface area contributed by atoms with Gasteiger partial charge in [0.15, 0.2) is 0 Å². The number of nitrogens with one attached hydrogen (secondary N) is 1. The molecule has 158 valence electrons. The zero-order valence-corrected chi connectivity index (χ0v) is 19.2. The molecule has 4 aliphatic rings. The highest BCUT2D eigenvalue weighted by atomic mass is 79.9. The van der Waals surface area contributed by atoms with E-state index in [1.807, 2.05) is 13.0 Å². The lowest BCUT2D eigenvalue weighted by atomic mass is 9.64. The third kappa shape index (κ3) is 2.71. The van der Waals surface area contributed by atoms with Crippen LogP contribution >= 0.6 is 27.5 Å². The number of rotatable bonds is 4. The highest BCUT2D eigenvalue weighted by Crippen LogP contribution is 2.65. The molecule has 1 N–H and O–H groups in total. The molecule has 1 aromatic rings. The van der Waals surface area contributed by atoms with Crippen molar-refractivity contribution in [3.63, 3.8) is 0 Å². The summed E-state index contributed by atoms with van der Waals surface area (Å²) in [5.41, 5.74) is -0.762. The molecule has 6 atom stereocenters. The Hall–Kier alpha value is -0.710. The van der Waals surface area contributed by atoms with Gasteiger partial charge in [0.2, 0.25) is 15.9 Å². The van der Waals surface area contributed by atoms with Crippen LogP contribution in [0.3, 0.4) is 0 Å². The van der Waals surface area contributed by atoms with E-state index in [1.54, 1.807) is 24.0 Å². The maximum Gasteiger partial charge on any atom is 0.235 e. The summed E-state index contributed by atoms with van der Waals surface area (Å²) in [4.78, 5) is 15.2. The minimum absolute atomic E-state index is 0.00811. The predicted octanol–water partition coefficient (Wildman–Crippen LogP) is 2.67. The van der Waals surface area contributed by atoms with Gasteiger partial charge in [0.05, 0.1) is 40.5 Å². The zero-order valence-electron chi connectivity index (χ0n) is 16.0. The number of halogens is 2. The summed E-state index contributed by atoms with van der Waals surface area (Å²) in [6.07, 6.45) is 0.539. The SMILES string of the molecule is CCS(=O)(=O)N[C@H]1C[C@@]2(C)O[C@@]13CCO[C@H]1[C@@H]3[C@@H]2C(=O)N1c1ccc(Cl)c(Br)c1. The molecule has 4 saturated heterocycles. The largest absolute Gasteiger partial charge is 0.366 e. The third-order valence-electron chi connectivity index (χ3n) is 6.93. The molecular weight excluding hydrogens is 484 g/mol. The number of fused-ring (bicyclic) bond motifs is 2. The van der Waals surface area contributed by atoms with Gasteiger partial charge in [-0.2, -0.15) is 0 Å². The van der Waals surface area contributed by atoms with E-state index in [9.17, 15) is 13.2 Å². The summed E-state index contributed by atoms with van der Waals surface area (Å²) in [5, 5.41) is 0.561. The van der Waals surface area contributed by atoms with Crippen molar-refractivity contribution in [2.75, 3.05) is 17.3 Å². The van der Waals surface area contributed by atoms with Gasteiger partial charge in [0, 0.05) is 22.5 Å². The zero-order chi connectivity index (χ0) is 20.8. The van der Waals surface area contributed by atoms with Gasteiger partial charge >= 0.3 is 0 Å². The molecule has 0 saturated carbocycles. The standard InChI is InChI=1S/C19H22BrClN2O5S/c1-3-29(25,26)22-13-9-18(2)14-15-17(27-7-6-19(13,15)28-18)23(16(14)24)10-4-5-12(21)11(20)8-10/h4-5,8,13-15,17,22H,3,6-7,9H2,1-2H3/t13-,14+,15-,17-,18+,19-/m0/s1. The number of hydrogen-bond donors (Lipinski definition) is 1. The van der Waals surface area contributed by atoms with Crippen LogP contribution in [-0.4, -0.2) is 50.2 Å². The second-order valence-corrected chi connectivity index (χ2v) is 11.8. The van der Waals surface area contributed by atoms with Crippen molar-refractivity contribution in [2.24, 2.45) is 11.8 Å². The maximum absolute atomic E-state index is 13.5. The van der Waals surface area contributed by atoms with E-state index in [0.29, 0.717) is 34.6 Å². The lowest BCUT2D eigenvalue weighted by molar-refractivity contribution is -0.143. The Bertz CT molecular complexity index is 1010. The minimum Gasteiger partial charge on any atom is -0.366 e. The molecular formula is C19H22BrClN2O5S. The molecule has 0 unspecified atom stereocenters. The van der Waals surface area contributed by atoms with Gasteiger partial charge in [-0.15, -0.1) is 0 Å². The van der Waals surface area contributed by atoms with Crippen molar-refractivity contribution in [2.45, 2.75) is 50.2 Å². The van der Waals surface area contributed by atoms with Crippen molar-refractivity contribution in [3.8, 4) is 0 Å². The molecule has 29 heavy (non-hydrogen) atoms. The highest BCUT2D eigenvalue weighted by molar-refractivity contribution is 9.10. The number of amides is 1. The molecule has 7 nitrogen and oxygen atoms in total. The number of sulfonamides is 1. The molecule has 10 heteroatoms. The lowest BCUT2D eigenvalue weighted by Gasteiger charge is -2.45. The van der Waals surface area contributed by atoms with Crippen molar-refractivity contribution >= 4 is 49.1 Å². The van der Waals surface area contributed by atoms with Gasteiger partial charge in [-0.3, -0.25) is 9.69 Å². The van der Waals surface area contributed by atoms with Crippen LogP contribution < -0.4 is 9.62 Å². The number of benzene rings is 1. The van der Waals surface area contributed by atoms with Crippen LogP contribution in [0.1, 0.15) is 26.7 Å². The first-order valence-corrected chi connectivity index (χ1v) is 12.5. The van der Waals surface area contributed by atoms with Crippen molar-refractivity contribution < 1.29 is 22.7 Å². The molecule has 0 aliphatic carbocycles. The molecule has 1 spiro atoms.